The zero-order valence-electron chi connectivity index (χ0n) is 23.7. The van der Waals surface area contributed by atoms with Gasteiger partial charge >= 0.3 is 6.18 Å². The normalized spacial score (nSPS) is 20.8. The number of hydrogen-bond acceptors (Lipinski definition) is 8. The first-order valence-corrected chi connectivity index (χ1v) is 15.4. The third-order valence-corrected chi connectivity index (χ3v) is 9.32. The first-order chi connectivity index (χ1) is 19.3. The number of hydrogen-bond donors (Lipinski definition) is 2. The van der Waals surface area contributed by atoms with E-state index >= 15 is 0 Å². The summed E-state index contributed by atoms with van der Waals surface area (Å²) in [6.45, 7) is 1.81. The largest absolute Gasteiger partial charge is 0.495 e. The highest BCUT2D eigenvalue weighted by molar-refractivity contribution is 7.88. The van der Waals surface area contributed by atoms with Crippen LogP contribution in [0.4, 0.5) is 24.8 Å². The Morgan fingerprint density at radius 2 is 1.90 bits per heavy atom. The number of benzene rings is 1. The lowest BCUT2D eigenvalue weighted by molar-refractivity contribution is -0.138. The number of halogens is 3. The van der Waals surface area contributed by atoms with E-state index in [1.54, 1.807) is 18.2 Å². The maximum atomic E-state index is 13.9. The molecule has 1 amide bonds. The Kier molecular flexibility index (Phi) is 9.44. The Hall–Kier alpha value is -2.97. The molecule has 1 aliphatic carbocycles. The first-order valence-electron chi connectivity index (χ1n) is 13.6. The van der Waals surface area contributed by atoms with E-state index < -0.39 is 27.8 Å². The van der Waals surface area contributed by atoms with Gasteiger partial charge in [0.15, 0.2) is 0 Å². The summed E-state index contributed by atoms with van der Waals surface area (Å²) in [6, 6.07) is 4.42. The van der Waals surface area contributed by atoms with E-state index in [0.29, 0.717) is 36.3 Å². The molecule has 14 heteroatoms. The lowest BCUT2D eigenvalue weighted by Crippen LogP contribution is -2.43. The third kappa shape index (κ3) is 7.66. The molecule has 226 valence electrons. The van der Waals surface area contributed by atoms with Crippen LogP contribution >= 0.6 is 0 Å². The van der Waals surface area contributed by atoms with Crippen molar-refractivity contribution >= 4 is 27.6 Å². The summed E-state index contributed by atoms with van der Waals surface area (Å²) in [4.78, 5) is 23.2. The minimum atomic E-state index is -4.68. The van der Waals surface area contributed by atoms with Crippen LogP contribution in [0.2, 0.25) is 0 Å². The second-order valence-electron chi connectivity index (χ2n) is 10.9. The summed E-state index contributed by atoms with van der Waals surface area (Å²) < 4.78 is 72.6. The summed E-state index contributed by atoms with van der Waals surface area (Å²) in [5, 5.41) is 5.96. The molecule has 0 radical (unpaired) electrons. The molecule has 1 saturated carbocycles. The van der Waals surface area contributed by atoms with Crippen LogP contribution in [0.3, 0.4) is 0 Å². The van der Waals surface area contributed by atoms with Gasteiger partial charge in [-0.3, -0.25) is 4.79 Å². The number of aromatic nitrogens is 2. The monoisotopic (exact) mass is 598 g/mol. The molecule has 0 unspecified atom stereocenters. The SMILES string of the molecule is COc1cc(C(=O)NC2CCN(C)CC2)ccc1Nc1ncc(C(F)(F)F)c(C[C@@H]2CCC[C@H]2N(C)S(C)(=O)=O)n1. The van der Waals surface area contributed by atoms with Crippen molar-refractivity contribution < 1.29 is 31.1 Å². The van der Waals surface area contributed by atoms with Crippen molar-refractivity contribution in [2.75, 3.05) is 45.9 Å². The number of carbonyl (C=O) groups excluding carboxylic acids is 1. The van der Waals surface area contributed by atoms with Gasteiger partial charge in [-0.25, -0.2) is 22.7 Å². The fourth-order valence-corrected chi connectivity index (χ4v) is 6.35. The van der Waals surface area contributed by atoms with Gasteiger partial charge in [-0.1, -0.05) is 6.42 Å². The van der Waals surface area contributed by atoms with Crippen molar-refractivity contribution in [3.05, 3.63) is 41.2 Å². The molecule has 41 heavy (non-hydrogen) atoms. The molecule has 0 spiro atoms. The Morgan fingerprint density at radius 3 is 2.54 bits per heavy atom. The highest BCUT2D eigenvalue weighted by Gasteiger charge is 2.39. The van der Waals surface area contributed by atoms with Crippen LogP contribution in [0, 0.1) is 5.92 Å². The molecule has 1 aromatic heterocycles. The van der Waals surface area contributed by atoms with E-state index in [2.05, 4.69) is 25.5 Å². The number of likely N-dealkylation sites (tertiary alicyclic amines) is 1. The van der Waals surface area contributed by atoms with Crippen molar-refractivity contribution in [3.8, 4) is 5.75 Å². The molecule has 10 nitrogen and oxygen atoms in total. The summed E-state index contributed by atoms with van der Waals surface area (Å²) in [7, 11) is 1.42. The van der Waals surface area contributed by atoms with E-state index in [4.69, 9.17) is 4.74 Å². The number of anilines is 2. The van der Waals surface area contributed by atoms with Gasteiger partial charge < -0.3 is 20.3 Å². The minimum absolute atomic E-state index is 0.0518. The van der Waals surface area contributed by atoms with Crippen molar-refractivity contribution in [3.63, 3.8) is 0 Å². The van der Waals surface area contributed by atoms with E-state index in [1.807, 2.05) is 7.05 Å². The summed E-state index contributed by atoms with van der Waals surface area (Å²) >= 11 is 0. The van der Waals surface area contributed by atoms with Crippen LogP contribution in [0.25, 0.3) is 0 Å². The number of rotatable bonds is 9. The van der Waals surface area contributed by atoms with Gasteiger partial charge in [0.05, 0.1) is 30.3 Å². The number of nitrogens with zero attached hydrogens (tertiary/aromatic N) is 4. The van der Waals surface area contributed by atoms with Gasteiger partial charge in [0.25, 0.3) is 5.91 Å². The molecule has 2 N–H and O–H groups in total. The summed E-state index contributed by atoms with van der Waals surface area (Å²) in [5.41, 5.74) is -0.391. The Labute approximate surface area is 238 Å². The average Bonchev–Trinajstić information content (AvgIpc) is 3.36. The van der Waals surface area contributed by atoms with Crippen LogP contribution < -0.4 is 15.4 Å². The maximum Gasteiger partial charge on any atom is 0.419 e. The average molecular weight is 599 g/mol. The van der Waals surface area contributed by atoms with Crippen molar-refractivity contribution in [1.29, 1.82) is 0 Å². The number of nitrogens with one attached hydrogen (secondary N) is 2. The van der Waals surface area contributed by atoms with Crippen molar-refractivity contribution in [2.45, 2.75) is 56.8 Å². The molecule has 4 rings (SSSR count). The standard InChI is InChI=1S/C27H37F3N6O4S/c1-35-12-10-19(11-13-35)32-25(37)18-8-9-21(24(15-18)40-3)33-26-31-16-20(27(28,29)30)22(34-26)14-17-6-5-7-23(17)36(2)41(4,38)39/h8-9,15-17,19,23H,5-7,10-14H2,1-4H3,(H,32,37)(H,31,33,34)/t17-,23+/m0/s1. The number of methoxy groups -OCH3 is 1. The Balaban J connectivity index is 1.54. The second-order valence-corrected chi connectivity index (χ2v) is 12.9. The number of sulfonamides is 1. The number of alkyl halides is 3. The van der Waals surface area contributed by atoms with Gasteiger partial charge in [0, 0.05) is 30.9 Å². The van der Waals surface area contributed by atoms with Crippen molar-refractivity contribution in [1.82, 2.24) is 24.5 Å². The summed E-state index contributed by atoms with van der Waals surface area (Å²) in [5.74, 6) is -0.323. The molecule has 2 heterocycles. The van der Waals surface area contributed by atoms with Crippen LogP contribution in [0.1, 0.15) is 53.7 Å². The Bertz CT molecular complexity index is 1350. The van der Waals surface area contributed by atoms with Gasteiger partial charge in [0.1, 0.15) is 5.75 Å². The van der Waals surface area contributed by atoms with E-state index in [9.17, 15) is 26.4 Å². The number of carbonyl (C=O) groups is 1. The van der Waals surface area contributed by atoms with Gasteiger partial charge in [-0.2, -0.15) is 13.2 Å². The smallest absolute Gasteiger partial charge is 0.419 e. The quantitative estimate of drug-likeness (QED) is 0.449. The molecule has 2 aromatic rings. The second kappa shape index (κ2) is 12.5. The molecule has 1 aromatic carbocycles. The molecule has 1 aliphatic heterocycles. The molecule has 2 fully saturated rings. The van der Waals surface area contributed by atoms with Gasteiger partial charge in [-0.15, -0.1) is 0 Å². The molecule has 2 atom stereocenters. The molecular formula is C27H37F3N6O4S. The van der Waals surface area contributed by atoms with Crippen LogP contribution in [0.5, 0.6) is 5.75 Å². The van der Waals surface area contributed by atoms with Crippen molar-refractivity contribution in [2.24, 2.45) is 5.92 Å². The molecular weight excluding hydrogens is 561 g/mol. The number of ether oxygens (including phenoxy) is 1. The highest BCUT2D eigenvalue weighted by Crippen LogP contribution is 2.38. The van der Waals surface area contributed by atoms with Crippen LogP contribution in [-0.2, 0) is 22.6 Å². The lowest BCUT2D eigenvalue weighted by Gasteiger charge is -2.29. The number of piperidine rings is 1. The first kappa shape index (κ1) is 31.0. The zero-order chi connectivity index (χ0) is 29.9. The fourth-order valence-electron chi connectivity index (χ4n) is 5.58. The number of amides is 1. The predicted octanol–water partition coefficient (Wildman–Crippen LogP) is 3.67. The van der Waals surface area contributed by atoms with Gasteiger partial charge in [0.2, 0.25) is 16.0 Å². The lowest BCUT2D eigenvalue weighted by atomic mass is 9.95. The molecule has 2 aliphatic rings. The third-order valence-electron chi connectivity index (χ3n) is 8.00. The van der Waals surface area contributed by atoms with Gasteiger partial charge in [-0.05, 0) is 76.4 Å². The van der Waals surface area contributed by atoms with E-state index in [1.165, 1.54) is 18.5 Å². The predicted molar refractivity (Wildman–Crippen MR) is 149 cm³/mol. The zero-order valence-corrected chi connectivity index (χ0v) is 24.5. The highest BCUT2D eigenvalue weighted by atomic mass is 32.2. The maximum absolute atomic E-state index is 13.9. The van der Waals surface area contributed by atoms with Crippen LogP contribution in [0.15, 0.2) is 24.4 Å². The minimum Gasteiger partial charge on any atom is -0.495 e. The molecule has 0 bridgehead atoms. The topological polar surface area (TPSA) is 117 Å². The van der Waals surface area contributed by atoms with Crippen LogP contribution in [-0.4, -0.2) is 86.1 Å². The molecule has 1 saturated heterocycles. The Morgan fingerprint density at radius 1 is 1.20 bits per heavy atom. The van der Waals surface area contributed by atoms with E-state index in [0.717, 1.165) is 38.4 Å². The fraction of sp³-hybridized carbons (Fsp3) is 0.593. The summed E-state index contributed by atoms with van der Waals surface area (Å²) in [6.07, 6.45) is 0.691. The van der Waals surface area contributed by atoms with E-state index in [-0.39, 0.29) is 35.9 Å².